The van der Waals surface area contributed by atoms with Crippen LogP contribution in [-0.2, 0) is 17.8 Å². The smallest absolute Gasteiger partial charge is 0.220 e. The molecule has 2 atom stereocenters. The number of hydrogen-bond donors (Lipinski definition) is 2. The third-order valence-corrected chi connectivity index (χ3v) is 4.10. The maximum atomic E-state index is 12.0. The van der Waals surface area contributed by atoms with Crippen molar-refractivity contribution in [1.82, 2.24) is 15.1 Å². The van der Waals surface area contributed by atoms with Gasteiger partial charge in [0.2, 0.25) is 5.91 Å². The molecule has 0 saturated heterocycles. The average molecular weight is 306 g/mol. The molecule has 6 nitrogen and oxygen atoms in total. The van der Waals surface area contributed by atoms with Crippen molar-refractivity contribution >= 4 is 5.91 Å². The van der Waals surface area contributed by atoms with Crippen LogP contribution in [0.4, 0.5) is 0 Å². The van der Waals surface area contributed by atoms with E-state index in [2.05, 4.69) is 16.5 Å². The first kappa shape index (κ1) is 18.2. The van der Waals surface area contributed by atoms with Crippen molar-refractivity contribution in [3.63, 3.8) is 0 Å². The first-order valence-electron chi connectivity index (χ1n) is 7.70. The Morgan fingerprint density at radius 2 is 2.14 bits per heavy atom. The molecule has 22 heavy (non-hydrogen) atoms. The van der Waals surface area contributed by atoms with Gasteiger partial charge in [0.15, 0.2) is 0 Å². The van der Waals surface area contributed by atoms with Crippen LogP contribution in [0.1, 0.15) is 43.6 Å². The van der Waals surface area contributed by atoms with Crippen LogP contribution >= 0.6 is 0 Å². The Bertz CT molecular complexity index is 545. The number of aliphatic hydroxyl groups is 1. The molecule has 0 bridgehead atoms. The van der Waals surface area contributed by atoms with Crippen LogP contribution in [0.5, 0.6) is 0 Å². The van der Waals surface area contributed by atoms with Gasteiger partial charge in [0, 0.05) is 24.8 Å². The molecule has 0 aliphatic heterocycles. The molecule has 0 aromatic carbocycles. The molecule has 0 radical (unpaired) electrons. The number of amides is 1. The molecule has 0 fully saturated rings. The number of aromatic nitrogens is 2. The number of nitrogens with zero attached hydrogens (tertiary/aromatic N) is 3. The highest BCUT2D eigenvalue weighted by Crippen LogP contribution is 2.15. The van der Waals surface area contributed by atoms with E-state index in [9.17, 15) is 4.79 Å². The van der Waals surface area contributed by atoms with Crippen molar-refractivity contribution < 1.29 is 9.90 Å². The second kappa shape index (κ2) is 8.54. The van der Waals surface area contributed by atoms with Crippen molar-refractivity contribution in [2.24, 2.45) is 5.92 Å². The number of hydrogen-bond acceptors (Lipinski definition) is 4. The Morgan fingerprint density at radius 3 is 2.73 bits per heavy atom. The fourth-order valence-electron chi connectivity index (χ4n) is 2.33. The summed E-state index contributed by atoms with van der Waals surface area (Å²) in [4.78, 5) is 12.0. The molecule has 0 spiro atoms. The van der Waals surface area contributed by atoms with Gasteiger partial charge in [0.25, 0.3) is 0 Å². The summed E-state index contributed by atoms with van der Waals surface area (Å²) in [5.41, 5.74) is 3.02. The lowest BCUT2D eigenvalue weighted by Crippen LogP contribution is -2.38. The summed E-state index contributed by atoms with van der Waals surface area (Å²) >= 11 is 0. The number of nitriles is 1. The minimum atomic E-state index is -0.0435. The van der Waals surface area contributed by atoms with Crippen molar-refractivity contribution in [3.05, 3.63) is 17.0 Å². The molecule has 6 heteroatoms. The van der Waals surface area contributed by atoms with Crippen LogP contribution in [0, 0.1) is 31.1 Å². The van der Waals surface area contributed by atoms with Gasteiger partial charge in [0.05, 0.1) is 24.7 Å². The van der Waals surface area contributed by atoms with E-state index in [0.29, 0.717) is 25.8 Å². The highest BCUT2D eigenvalue weighted by atomic mass is 16.3. The van der Waals surface area contributed by atoms with E-state index in [4.69, 9.17) is 10.4 Å². The molecule has 0 saturated carbocycles. The maximum absolute atomic E-state index is 12.0. The number of carbonyl (C=O) groups is 1. The molecule has 1 amide bonds. The van der Waals surface area contributed by atoms with Crippen LogP contribution in [0.3, 0.4) is 0 Å². The molecule has 1 heterocycles. The molecule has 1 rings (SSSR count). The number of nitrogens with one attached hydrogen (secondary N) is 1. The molecular weight excluding hydrogens is 280 g/mol. The molecule has 122 valence electrons. The first-order chi connectivity index (χ1) is 10.4. The zero-order valence-corrected chi connectivity index (χ0v) is 13.9. The van der Waals surface area contributed by atoms with Crippen LogP contribution in [0.15, 0.2) is 0 Å². The lowest BCUT2D eigenvalue weighted by atomic mass is 10.0. The van der Waals surface area contributed by atoms with E-state index in [-0.39, 0.29) is 24.5 Å². The Kier molecular flexibility index (Phi) is 7.06. The van der Waals surface area contributed by atoms with Crippen LogP contribution in [0.25, 0.3) is 0 Å². The van der Waals surface area contributed by atoms with Gasteiger partial charge in [-0.3, -0.25) is 9.48 Å². The summed E-state index contributed by atoms with van der Waals surface area (Å²) in [5, 5.41) is 25.1. The van der Waals surface area contributed by atoms with E-state index in [0.717, 1.165) is 17.0 Å². The van der Waals surface area contributed by atoms with Crippen molar-refractivity contribution in [1.29, 1.82) is 5.26 Å². The summed E-state index contributed by atoms with van der Waals surface area (Å²) in [7, 11) is 0. The highest BCUT2D eigenvalue weighted by Gasteiger charge is 2.16. The Hall–Kier alpha value is -1.87. The molecule has 0 aliphatic carbocycles. The first-order valence-corrected chi connectivity index (χ1v) is 7.70. The fraction of sp³-hybridized carbons (Fsp3) is 0.688. The fourth-order valence-corrected chi connectivity index (χ4v) is 2.33. The second-order valence-electron chi connectivity index (χ2n) is 5.80. The third-order valence-electron chi connectivity index (χ3n) is 4.10. The van der Waals surface area contributed by atoms with Crippen molar-refractivity contribution in [3.8, 4) is 6.07 Å². The van der Waals surface area contributed by atoms with Crippen LogP contribution in [-0.4, -0.2) is 33.4 Å². The summed E-state index contributed by atoms with van der Waals surface area (Å²) in [6.45, 7) is 8.35. The van der Waals surface area contributed by atoms with E-state index in [1.165, 1.54) is 0 Å². The van der Waals surface area contributed by atoms with E-state index >= 15 is 0 Å². The van der Waals surface area contributed by atoms with Crippen molar-refractivity contribution in [2.75, 3.05) is 6.61 Å². The number of aliphatic hydroxyl groups excluding tert-OH is 1. The highest BCUT2D eigenvalue weighted by molar-refractivity contribution is 5.76. The average Bonchev–Trinajstić information content (AvgIpc) is 2.76. The van der Waals surface area contributed by atoms with Crippen LogP contribution < -0.4 is 5.32 Å². The zero-order valence-electron chi connectivity index (χ0n) is 13.9. The Balaban J connectivity index is 2.59. The van der Waals surface area contributed by atoms with E-state index in [1.54, 1.807) is 0 Å². The number of carbonyl (C=O) groups excluding carboxylic acids is 1. The van der Waals surface area contributed by atoms with Gasteiger partial charge >= 0.3 is 0 Å². The van der Waals surface area contributed by atoms with Crippen molar-refractivity contribution in [2.45, 2.75) is 59.5 Å². The quantitative estimate of drug-likeness (QED) is 0.761. The maximum Gasteiger partial charge on any atom is 0.220 e. The van der Waals surface area contributed by atoms with Gasteiger partial charge in [-0.15, -0.1) is 0 Å². The number of aryl methyl sites for hydroxylation is 2. The lowest BCUT2D eigenvalue weighted by Gasteiger charge is -2.19. The topological polar surface area (TPSA) is 90.9 Å². The molecular formula is C16H26N4O2. The standard InChI is InChI=1S/C16H26N4O2/c1-11(10-21)12(2)18-16(22)7-6-15-13(3)19-20(14(15)4)9-5-8-17/h11-12,21H,5-7,9-10H2,1-4H3,(H,18,22). The molecule has 2 N–H and O–H groups in total. The SMILES string of the molecule is Cc1nn(CCC#N)c(C)c1CCC(=O)NC(C)C(C)CO. The molecule has 1 aromatic rings. The minimum Gasteiger partial charge on any atom is -0.396 e. The minimum absolute atomic E-state index is 0.0172. The predicted octanol–water partition coefficient (Wildman–Crippen LogP) is 1.48. The molecule has 0 aliphatic rings. The lowest BCUT2D eigenvalue weighted by molar-refractivity contribution is -0.122. The summed E-state index contributed by atoms with van der Waals surface area (Å²) in [5.74, 6) is 0.0255. The van der Waals surface area contributed by atoms with Gasteiger partial charge in [-0.05, 0) is 38.7 Å². The summed E-state index contributed by atoms with van der Waals surface area (Å²) in [6, 6.07) is 2.07. The summed E-state index contributed by atoms with van der Waals surface area (Å²) < 4.78 is 1.84. The normalized spacial score (nSPS) is 13.5. The van der Waals surface area contributed by atoms with Gasteiger partial charge in [-0.25, -0.2) is 0 Å². The van der Waals surface area contributed by atoms with E-state index < -0.39 is 0 Å². The Labute approximate surface area is 132 Å². The zero-order chi connectivity index (χ0) is 16.7. The second-order valence-corrected chi connectivity index (χ2v) is 5.80. The van der Waals surface area contributed by atoms with Gasteiger partial charge in [-0.1, -0.05) is 6.92 Å². The van der Waals surface area contributed by atoms with Gasteiger partial charge in [0.1, 0.15) is 0 Å². The molecule has 1 aromatic heterocycles. The van der Waals surface area contributed by atoms with Gasteiger partial charge < -0.3 is 10.4 Å². The van der Waals surface area contributed by atoms with E-state index in [1.807, 2.05) is 32.4 Å². The van der Waals surface area contributed by atoms with Gasteiger partial charge in [-0.2, -0.15) is 10.4 Å². The molecule has 2 unspecified atom stereocenters. The Morgan fingerprint density at radius 1 is 1.45 bits per heavy atom. The predicted molar refractivity (Wildman–Crippen MR) is 84.1 cm³/mol. The number of rotatable bonds is 8. The largest absolute Gasteiger partial charge is 0.396 e. The third kappa shape index (κ3) is 4.85. The monoisotopic (exact) mass is 306 g/mol. The summed E-state index contributed by atoms with van der Waals surface area (Å²) in [6.07, 6.45) is 1.46. The van der Waals surface area contributed by atoms with Crippen LogP contribution in [0.2, 0.25) is 0 Å².